The first-order valence-corrected chi connectivity index (χ1v) is 18.2. The van der Waals surface area contributed by atoms with Crippen molar-refractivity contribution in [2.75, 3.05) is 13.1 Å². The normalized spacial score (nSPS) is 10.9. The van der Waals surface area contributed by atoms with Gasteiger partial charge in [-0.2, -0.15) is 0 Å². The first-order chi connectivity index (χ1) is 18.4. The van der Waals surface area contributed by atoms with E-state index >= 15 is 0 Å². The molecule has 0 rings (SSSR count). The van der Waals surface area contributed by atoms with Crippen molar-refractivity contribution in [1.82, 2.24) is 0 Å². The Bertz CT molecular complexity index is 345. The predicted octanol–water partition coefficient (Wildman–Crippen LogP) is 8.25. The van der Waals surface area contributed by atoms with Crippen molar-refractivity contribution >= 4 is 0 Å². The molecule has 0 spiro atoms. The van der Waals surface area contributed by atoms with Gasteiger partial charge in [0.15, 0.2) is 0 Å². The van der Waals surface area contributed by atoms with Crippen molar-refractivity contribution in [2.24, 2.45) is 0 Å². The Morgan fingerprint density at radius 2 is 0.410 bits per heavy atom. The van der Waals surface area contributed by atoms with E-state index in [9.17, 15) is 0 Å². The molecule has 2 nitrogen and oxygen atoms in total. The Morgan fingerprint density at radius 1 is 0.256 bits per heavy atom. The van der Waals surface area contributed by atoms with Gasteiger partial charge in [-0.3, -0.25) is 0 Å². The summed E-state index contributed by atoms with van der Waals surface area (Å²) in [7, 11) is 0. The molecule has 0 saturated carbocycles. The van der Waals surface area contributed by atoms with E-state index in [1.54, 1.807) is 0 Å². The minimum atomic E-state index is 0. The predicted molar refractivity (Wildman–Crippen MR) is 174 cm³/mol. The molecule has 0 saturated heterocycles. The molecule has 0 fully saturated rings. The Morgan fingerprint density at radius 3 is 0.590 bits per heavy atom. The molecular weight excluding hydrogens is 498 g/mol. The second kappa shape index (κ2) is 42.7. The average molecular weight is 576 g/mol. The van der Waals surface area contributed by atoms with Crippen LogP contribution < -0.4 is 17.7 Å². The Balaban J connectivity index is -0.00000648. The summed E-state index contributed by atoms with van der Waals surface area (Å²) in [4.78, 5) is 0. The van der Waals surface area contributed by atoms with Crippen LogP contribution in [0.5, 0.6) is 0 Å². The van der Waals surface area contributed by atoms with Crippen LogP contribution >= 0.6 is 0 Å². The molecule has 0 amide bonds. The summed E-state index contributed by atoms with van der Waals surface area (Å²) < 4.78 is 0. The molecule has 0 aliphatic rings. The summed E-state index contributed by atoms with van der Waals surface area (Å²) in [5.74, 6) is 0. The highest BCUT2D eigenvalue weighted by atomic mass is 35.5. The lowest BCUT2D eigenvalue weighted by molar-refractivity contribution is -0.655. The summed E-state index contributed by atoms with van der Waals surface area (Å²) in [5, 5.41) is 2.59. The maximum Gasteiger partial charge on any atom is 0.0755 e. The number of rotatable bonds is 34. The third-order valence-electron chi connectivity index (χ3n) is 8.52. The van der Waals surface area contributed by atoms with Crippen LogP contribution in [0.1, 0.15) is 219 Å². The van der Waals surface area contributed by atoms with Crippen molar-refractivity contribution in [3.8, 4) is 0 Å². The second-order valence-corrected chi connectivity index (χ2v) is 12.5. The number of hydrogen-bond acceptors (Lipinski definition) is 0. The molecule has 0 aliphatic heterocycles. The van der Waals surface area contributed by atoms with Gasteiger partial charge in [0.05, 0.1) is 13.1 Å². The standard InChI is InChI=1S/C36H75N.ClH.H2O/c1-3-5-7-9-11-13-15-17-19-21-23-25-27-29-31-33-35-37-36-34-32-30-28-26-24-22-20-18-16-14-12-10-8-6-4-2;;/h37H,3-36H2,1-2H3;1H;1H2. The first-order valence-electron chi connectivity index (χ1n) is 18.2. The molecule has 0 aromatic heterocycles. The molecule has 39 heavy (non-hydrogen) atoms. The number of hydrogen-bond donors (Lipinski definition) is 1. The lowest BCUT2D eigenvalue weighted by Crippen LogP contribution is -3.00. The Labute approximate surface area is 255 Å². The average Bonchev–Trinajstić information content (AvgIpc) is 2.91. The van der Waals surface area contributed by atoms with Crippen LogP contribution in [0.2, 0.25) is 0 Å². The van der Waals surface area contributed by atoms with Crippen LogP contribution in [0.4, 0.5) is 0 Å². The fraction of sp³-hybridized carbons (Fsp3) is 1.00. The van der Waals surface area contributed by atoms with Crippen molar-refractivity contribution in [2.45, 2.75) is 219 Å². The van der Waals surface area contributed by atoms with E-state index in [1.807, 2.05) is 0 Å². The molecule has 0 aromatic carbocycles. The van der Waals surface area contributed by atoms with Gasteiger partial charge in [0.1, 0.15) is 0 Å². The molecule has 0 heterocycles. The second-order valence-electron chi connectivity index (χ2n) is 12.5. The van der Waals surface area contributed by atoms with E-state index in [2.05, 4.69) is 19.2 Å². The van der Waals surface area contributed by atoms with E-state index < -0.39 is 0 Å². The fourth-order valence-corrected chi connectivity index (χ4v) is 5.82. The van der Waals surface area contributed by atoms with Crippen molar-refractivity contribution in [1.29, 1.82) is 0 Å². The number of nitrogens with two attached hydrogens (primary N) is 1. The Hall–Kier alpha value is 0.210. The molecule has 0 bridgehead atoms. The maximum atomic E-state index is 2.59. The number of unbranched alkanes of at least 4 members (excludes halogenated alkanes) is 30. The minimum Gasteiger partial charge on any atom is -1.00 e. The molecule has 0 aliphatic carbocycles. The summed E-state index contributed by atoms with van der Waals surface area (Å²) in [6.07, 6.45) is 47.0. The zero-order valence-electron chi connectivity index (χ0n) is 27.5. The van der Waals surface area contributed by atoms with E-state index in [-0.39, 0.29) is 17.9 Å². The zero-order chi connectivity index (χ0) is 26.7. The molecule has 3 heteroatoms. The molecule has 0 unspecified atom stereocenters. The topological polar surface area (TPSA) is 48.1 Å². The van der Waals surface area contributed by atoms with E-state index in [0.29, 0.717) is 0 Å². The van der Waals surface area contributed by atoms with Gasteiger partial charge in [-0.15, -0.1) is 0 Å². The van der Waals surface area contributed by atoms with Gasteiger partial charge in [0, 0.05) is 0 Å². The zero-order valence-corrected chi connectivity index (χ0v) is 28.3. The lowest BCUT2D eigenvalue weighted by Gasteiger charge is -2.04. The van der Waals surface area contributed by atoms with Crippen LogP contribution in [0.3, 0.4) is 0 Å². The summed E-state index contributed by atoms with van der Waals surface area (Å²) in [6, 6.07) is 0. The lowest BCUT2D eigenvalue weighted by atomic mass is 10.0. The van der Waals surface area contributed by atoms with Gasteiger partial charge in [0.25, 0.3) is 0 Å². The van der Waals surface area contributed by atoms with Gasteiger partial charge >= 0.3 is 0 Å². The van der Waals surface area contributed by atoms with Crippen molar-refractivity contribution in [3.05, 3.63) is 0 Å². The van der Waals surface area contributed by atoms with Crippen molar-refractivity contribution in [3.63, 3.8) is 0 Å². The first kappa shape index (κ1) is 43.7. The summed E-state index contributed by atoms with van der Waals surface area (Å²) in [6.45, 7) is 7.36. The third kappa shape index (κ3) is 42.8. The van der Waals surface area contributed by atoms with Crippen LogP contribution in [-0.2, 0) is 0 Å². The molecular formula is C36H78ClNO. The molecule has 4 N–H and O–H groups in total. The number of quaternary nitrogens is 1. The molecule has 240 valence electrons. The maximum absolute atomic E-state index is 2.59. The van der Waals surface area contributed by atoms with E-state index in [0.717, 1.165) is 0 Å². The number of halogens is 1. The summed E-state index contributed by atoms with van der Waals surface area (Å²) >= 11 is 0. The van der Waals surface area contributed by atoms with Gasteiger partial charge in [0.2, 0.25) is 0 Å². The highest BCUT2D eigenvalue weighted by molar-refractivity contribution is 4.51. The third-order valence-corrected chi connectivity index (χ3v) is 8.52. The van der Waals surface area contributed by atoms with Crippen molar-refractivity contribution < 1.29 is 23.2 Å². The van der Waals surface area contributed by atoms with Crippen LogP contribution in [0.15, 0.2) is 0 Å². The van der Waals surface area contributed by atoms with Gasteiger partial charge in [-0.1, -0.05) is 194 Å². The molecule has 0 radical (unpaired) electrons. The van der Waals surface area contributed by atoms with E-state index in [1.165, 1.54) is 219 Å². The quantitative estimate of drug-likeness (QED) is 0.0751. The fourth-order valence-electron chi connectivity index (χ4n) is 5.82. The monoisotopic (exact) mass is 576 g/mol. The highest BCUT2D eigenvalue weighted by Gasteiger charge is 1.97. The smallest absolute Gasteiger partial charge is 0.0755 e. The highest BCUT2D eigenvalue weighted by Crippen LogP contribution is 2.15. The SMILES string of the molecule is CCCCCCCCCCCCCCCCCC[NH2+]CCCCCCCCCCCCCCCCCC.O.[Cl-]. The Kier molecular flexibility index (Phi) is 47.8. The van der Waals surface area contributed by atoms with Gasteiger partial charge in [-0.25, -0.2) is 0 Å². The van der Waals surface area contributed by atoms with Gasteiger partial charge < -0.3 is 23.2 Å². The van der Waals surface area contributed by atoms with Crippen LogP contribution in [0.25, 0.3) is 0 Å². The van der Waals surface area contributed by atoms with Crippen LogP contribution in [0, 0.1) is 0 Å². The molecule has 0 aromatic rings. The van der Waals surface area contributed by atoms with Crippen LogP contribution in [-0.4, -0.2) is 18.6 Å². The summed E-state index contributed by atoms with van der Waals surface area (Å²) in [5.41, 5.74) is 0. The minimum absolute atomic E-state index is 0. The largest absolute Gasteiger partial charge is 1.00 e. The van der Waals surface area contributed by atoms with Gasteiger partial charge in [-0.05, 0) is 25.7 Å². The van der Waals surface area contributed by atoms with E-state index in [4.69, 9.17) is 0 Å². The molecule has 0 atom stereocenters.